The first-order chi connectivity index (χ1) is 16.5. The number of aromatic hydroxyl groups is 1. The number of phenolic OH excluding ortho intramolecular Hbond substituents is 1. The van der Waals surface area contributed by atoms with Gasteiger partial charge >= 0.3 is 12.1 Å². The molecule has 2 aromatic rings. The van der Waals surface area contributed by atoms with E-state index in [4.69, 9.17) is 14.5 Å². The van der Waals surface area contributed by atoms with Crippen molar-refractivity contribution in [1.29, 1.82) is 0 Å². The number of rotatable bonds is 6. The molecule has 3 amide bonds. The third kappa shape index (κ3) is 4.52. The van der Waals surface area contributed by atoms with Crippen molar-refractivity contribution in [3.05, 3.63) is 35.4 Å². The van der Waals surface area contributed by atoms with E-state index < -0.39 is 12.1 Å². The van der Waals surface area contributed by atoms with Crippen LogP contribution in [0, 0.1) is 5.92 Å². The number of aromatic nitrogens is 1. The molecule has 9 heteroatoms. The number of piperidine rings is 1. The molecule has 180 valence electrons. The topological polar surface area (TPSA) is 113 Å². The second-order valence-corrected chi connectivity index (χ2v) is 9.09. The summed E-state index contributed by atoms with van der Waals surface area (Å²) >= 11 is 0. The van der Waals surface area contributed by atoms with Crippen LogP contribution in [0.4, 0.5) is 15.4 Å². The Morgan fingerprint density at radius 2 is 2.15 bits per heavy atom. The molecule has 1 aromatic carbocycles. The Hall–Kier alpha value is -3.33. The van der Waals surface area contributed by atoms with E-state index in [9.17, 15) is 14.7 Å². The summed E-state index contributed by atoms with van der Waals surface area (Å²) in [5, 5.41) is 17.0. The van der Waals surface area contributed by atoms with Crippen LogP contribution in [0.15, 0.2) is 24.3 Å². The number of hydrogen-bond donors (Lipinski definition) is 3. The standard InChI is InChI=1S/C25H30N4O5/c1-2-33-25(32)29-13-18-17(16-5-4-10-26-12-16)11-19(27-23(18)28-24(29)31)22-20(30)6-3-7-21(22)34-14-15-8-9-15/h3,6-7,11,15-16,26,30H,2,4-5,8-10,12-14H2,1H3,(H,27,28,31). The number of nitrogens with zero attached hydrogens (tertiary/aromatic N) is 2. The first kappa shape index (κ1) is 22.5. The van der Waals surface area contributed by atoms with Gasteiger partial charge in [0.2, 0.25) is 0 Å². The molecule has 1 atom stereocenters. The number of nitrogens with one attached hydrogen (secondary N) is 2. The summed E-state index contributed by atoms with van der Waals surface area (Å²) in [7, 11) is 0. The number of hydrogen-bond acceptors (Lipinski definition) is 7. The van der Waals surface area contributed by atoms with Crippen molar-refractivity contribution in [3.63, 3.8) is 0 Å². The average molecular weight is 467 g/mol. The molecule has 2 fully saturated rings. The number of carbonyl (C=O) groups excluding carboxylic acids is 2. The maximum absolute atomic E-state index is 12.7. The molecule has 3 N–H and O–H groups in total. The molecule has 1 aromatic heterocycles. The second-order valence-electron chi connectivity index (χ2n) is 9.09. The fraction of sp³-hybridized carbons (Fsp3) is 0.480. The predicted molar refractivity (Wildman–Crippen MR) is 126 cm³/mol. The number of fused-ring (bicyclic) bond motifs is 1. The van der Waals surface area contributed by atoms with Crippen LogP contribution in [0.3, 0.4) is 0 Å². The molecule has 2 aliphatic heterocycles. The van der Waals surface area contributed by atoms with Crippen molar-refractivity contribution in [2.45, 2.75) is 45.1 Å². The summed E-state index contributed by atoms with van der Waals surface area (Å²) in [4.78, 5) is 30.9. The van der Waals surface area contributed by atoms with Crippen LogP contribution >= 0.6 is 0 Å². The zero-order chi connectivity index (χ0) is 23.7. The van der Waals surface area contributed by atoms with E-state index in [0.717, 1.165) is 54.8 Å². The molecule has 3 heterocycles. The fourth-order valence-electron chi connectivity index (χ4n) is 4.61. The number of ether oxygens (including phenoxy) is 2. The van der Waals surface area contributed by atoms with E-state index in [1.165, 1.54) is 0 Å². The molecular formula is C25H30N4O5. The molecule has 3 aliphatic rings. The summed E-state index contributed by atoms with van der Waals surface area (Å²) in [6.07, 6.45) is 3.64. The van der Waals surface area contributed by atoms with Gasteiger partial charge in [-0.3, -0.25) is 5.32 Å². The Kier molecular flexibility index (Phi) is 6.28. The van der Waals surface area contributed by atoms with Crippen molar-refractivity contribution in [2.75, 3.05) is 31.6 Å². The molecule has 34 heavy (non-hydrogen) atoms. The summed E-state index contributed by atoms with van der Waals surface area (Å²) in [5.74, 6) is 1.79. The lowest BCUT2D eigenvalue weighted by Crippen LogP contribution is -2.44. The predicted octanol–water partition coefficient (Wildman–Crippen LogP) is 4.21. The van der Waals surface area contributed by atoms with Gasteiger partial charge in [0.05, 0.1) is 31.0 Å². The first-order valence-electron chi connectivity index (χ1n) is 12.0. The molecule has 1 aliphatic carbocycles. The highest BCUT2D eigenvalue weighted by atomic mass is 16.6. The summed E-state index contributed by atoms with van der Waals surface area (Å²) in [6.45, 7) is 4.33. The van der Waals surface area contributed by atoms with Crippen LogP contribution < -0.4 is 15.4 Å². The van der Waals surface area contributed by atoms with Crippen LogP contribution in [0.25, 0.3) is 11.3 Å². The Bertz CT molecular complexity index is 1090. The van der Waals surface area contributed by atoms with Crippen LogP contribution in [0.5, 0.6) is 11.5 Å². The lowest BCUT2D eigenvalue weighted by atomic mass is 9.87. The molecule has 0 bridgehead atoms. The molecular weight excluding hydrogens is 436 g/mol. The fourth-order valence-corrected chi connectivity index (χ4v) is 4.61. The van der Waals surface area contributed by atoms with Crippen LogP contribution in [-0.2, 0) is 11.3 Å². The lowest BCUT2D eigenvalue weighted by molar-refractivity contribution is 0.114. The summed E-state index contributed by atoms with van der Waals surface area (Å²) < 4.78 is 11.1. The maximum Gasteiger partial charge on any atom is 0.418 e. The molecule has 1 unspecified atom stereocenters. The number of carbonyl (C=O) groups is 2. The molecule has 0 spiro atoms. The maximum atomic E-state index is 12.7. The molecule has 1 saturated heterocycles. The Morgan fingerprint density at radius 3 is 2.88 bits per heavy atom. The van der Waals surface area contributed by atoms with E-state index in [1.807, 2.05) is 12.1 Å². The van der Waals surface area contributed by atoms with Gasteiger partial charge in [-0.15, -0.1) is 0 Å². The van der Waals surface area contributed by atoms with Crippen molar-refractivity contribution in [1.82, 2.24) is 15.2 Å². The van der Waals surface area contributed by atoms with Crippen LogP contribution in [-0.4, -0.2) is 53.4 Å². The Morgan fingerprint density at radius 1 is 1.29 bits per heavy atom. The van der Waals surface area contributed by atoms with Gasteiger partial charge in [-0.1, -0.05) is 6.07 Å². The molecule has 0 radical (unpaired) electrons. The number of urea groups is 1. The van der Waals surface area contributed by atoms with E-state index in [-0.39, 0.29) is 24.8 Å². The van der Waals surface area contributed by atoms with Gasteiger partial charge in [-0.05, 0) is 74.8 Å². The molecule has 1 saturated carbocycles. The van der Waals surface area contributed by atoms with E-state index in [1.54, 1.807) is 19.1 Å². The number of phenols is 1. The van der Waals surface area contributed by atoms with E-state index in [0.29, 0.717) is 35.3 Å². The summed E-state index contributed by atoms with van der Waals surface area (Å²) in [6, 6.07) is 6.59. The van der Waals surface area contributed by atoms with Gasteiger partial charge in [-0.2, -0.15) is 0 Å². The summed E-state index contributed by atoms with van der Waals surface area (Å²) in [5.41, 5.74) is 2.84. The zero-order valence-electron chi connectivity index (χ0n) is 19.3. The number of benzene rings is 1. The third-order valence-electron chi connectivity index (χ3n) is 6.60. The number of amides is 3. The van der Waals surface area contributed by atoms with Gasteiger partial charge in [-0.25, -0.2) is 19.5 Å². The Balaban J connectivity index is 1.58. The van der Waals surface area contributed by atoms with Crippen molar-refractivity contribution >= 4 is 17.9 Å². The van der Waals surface area contributed by atoms with Gasteiger partial charge in [0.1, 0.15) is 17.3 Å². The van der Waals surface area contributed by atoms with Gasteiger partial charge in [0.25, 0.3) is 0 Å². The van der Waals surface area contributed by atoms with Crippen LogP contribution in [0.2, 0.25) is 0 Å². The zero-order valence-corrected chi connectivity index (χ0v) is 19.3. The van der Waals surface area contributed by atoms with Gasteiger partial charge in [0, 0.05) is 12.1 Å². The highest BCUT2D eigenvalue weighted by Gasteiger charge is 2.34. The molecule has 5 rings (SSSR count). The smallest absolute Gasteiger partial charge is 0.418 e. The minimum atomic E-state index is -0.682. The number of anilines is 1. The number of pyridine rings is 1. The first-order valence-corrected chi connectivity index (χ1v) is 12.0. The average Bonchev–Trinajstić information content (AvgIpc) is 3.67. The number of imide groups is 1. The minimum absolute atomic E-state index is 0.0729. The van der Waals surface area contributed by atoms with E-state index in [2.05, 4.69) is 10.6 Å². The lowest BCUT2D eigenvalue weighted by Gasteiger charge is -2.32. The van der Waals surface area contributed by atoms with Crippen molar-refractivity contribution in [3.8, 4) is 22.8 Å². The quantitative estimate of drug-likeness (QED) is 0.584. The minimum Gasteiger partial charge on any atom is -0.507 e. The van der Waals surface area contributed by atoms with Crippen LogP contribution in [0.1, 0.15) is 49.7 Å². The molecule has 9 nitrogen and oxygen atoms in total. The van der Waals surface area contributed by atoms with Crippen molar-refractivity contribution < 1.29 is 24.2 Å². The second kappa shape index (κ2) is 9.50. The van der Waals surface area contributed by atoms with Crippen molar-refractivity contribution in [2.24, 2.45) is 5.92 Å². The highest BCUT2D eigenvalue weighted by molar-refractivity contribution is 6.01. The largest absolute Gasteiger partial charge is 0.507 e. The third-order valence-corrected chi connectivity index (χ3v) is 6.60. The SMILES string of the molecule is CCOC(=O)N1Cc2c(C3CCCNC3)cc(-c3c(O)cccc3OCC3CC3)nc2NC1=O. The Labute approximate surface area is 198 Å². The van der Waals surface area contributed by atoms with Gasteiger partial charge in [0.15, 0.2) is 0 Å². The van der Waals surface area contributed by atoms with E-state index >= 15 is 0 Å². The van der Waals surface area contributed by atoms with Gasteiger partial charge < -0.3 is 19.9 Å². The normalized spacial score (nSPS) is 19.9. The highest BCUT2D eigenvalue weighted by Crippen LogP contribution is 2.42. The monoisotopic (exact) mass is 466 g/mol.